The molecule has 1 atom stereocenters. The zero-order valence-corrected chi connectivity index (χ0v) is 16.5. The Kier molecular flexibility index (Phi) is 5.69. The highest BCUT2D eigenvalue weighted by Crippen LogP contribution is 2.30. The van der Waals surface area contributed by atoms with E-state index in [0.29, 0.717) is 35.8 Å². The maximum Gasteiger partial charge on any atom is 0.251 e. The molecule has 148 valence electrons. The Morgan fingerprint density at radius 3 is 2.68 bits per heavy atom. The number of furan rings is 1. The number of halogens is 1. The van der Waals surface area contributed by atoms with Gasteiger partial charge in [-0.25, -0.2) is 0 Å². The van der Waals surface area contributed by atoms with Crippen molar-refractivity contribution < 1.29 is 14.0 Å². The summed E-state index contributed by atoms with van der Waals surface area (Å²) >= 11 is 6.28. The van der Waals surface area contributed by atoms with E-state index in [2.05, 4.69) is 10.2 Å². The lowest BCUT2D eigenvalue weighted by Crippen LogP contribution is -2.36. The first-order chi connectivity index (χ1) is 13.6. The van der Waals surface area contributed by atoms with Crippen LogP contribution < -0.4 is 10.2 Å². The molecule has 1 aromatic carbocycles. The summed E-state index contributed by atoms with van der Waals surface area (Å²) in [4.78, 5) is 28.8. The van der Waals surface area contributed by atoms with Crippen LogP contribution in [0.5, 0.6) is 0 Å². The molecule has 0 radical (unpaired) electrons. The van der Waals surface area contributed by atoms with E-state index in [9.17, 15) is 9.59 Å². The summed E-state index contributed by atoms with van der Waals surface area (Å²) in [5.41, 5.74) is 1.11. The Balaban J connectivity index is 1.47. The third kappa shape index (κ3) is 3.93. The largest absolute Gasteiger partial charge is 0.468 e. The highest BCUT2D eigenvalue weighted by atomic mass is 35.5. The van der Waals surface area contributed by atoms with Crippen molar-refractivity contribution in [1.29, 1.82) is 0 Å². The number of amides is 2. The van der Waals surface area contributed by atoms with Crippen molar-refractivity contribution in [2.24, 2.45) is 0 Å². The summed E-state index contributed by atoms with van der Waals surface area (Å²) in [6.07, 6.45) is 5.32. The molecule has 6 nitrogen and oxygen atoms in total. The molecule has 0 aliphatic carbocycles. The van der Waals surface area contributed by atoms with E-state index in [4.69, 9.17) is 16.0 Å². The van der Waals surface area contributed by atoms with Crippen LogP contribution in [0, 0.1) is 0 Å². The van der Waals surface area contributed by atoms with Gasteiger partial charge in [0.1, 0.15) is 5.76 Å². The van der Waals surface area contributed by atoms with Crippen LogP contribution in [0.3, 0.4) is 0 Å². The van der Waals surface area contributed by atoms with Crippen LogP contribution in [0.25, 0.3) is 0 Å². The van der Waals surface area contributed by atoms with Crippen molar-refractivity contribution in [3.05, 3.63) is 52.9 Å². The van der Waals surface area contributed by atoms with Crippen molar-refractivity contribution in [1.82, 2.24) is 10.2 Å². The van der Waals surface area contributed by atoms with Crippen LogP contribution in [0.4, 0.5) is 5.69 Å². The third-order valence-corrected chi connectivity index (χ3v) is 5.80. The molecular weight excluding hydrogens is 378 g/mol. The second-order valence-electron chi connectivity index (χ2n) is 7.30. The fourth-order valence-corrected chi connectivity index (χ4v) is 4.22. The van der Waals surface area contributed by atoms with Crippen molar-refractivity contribution >= 4 is 29.1 Å². The molecule has 2 amide bonds. The number of hydrogen-bond acceptors (Lipinski definition) is 4. The summed E-state index contributed by atoms with van der Waals surface area (Å²) in [5, 5.41) is 3.51. The van der Waals surface area contributed by atoms with Crippen LogP contribution >= 0.6 is 11.6 Å². The Labute approximate surface area is 169 Å². The van der Waals surface area contributed by atoms with Gasteiger partial charge in [-0.15, -0.1) is 0 Å². The van der Waals surface area contributed by atoms with E-state index < -0.39 is 0 Å². The Morgan fingerprint density at radius 2 is 2.00 bits per heavy atom. The summed E-state index contributed by atoms with van der Waals surface area (Å²) < 4.78 is 5.61. The third-order valence-electron chi connectivity index (χ3n) is 5.48. The van der Waals surface area contributed by atoms with E-state index in [-0.39, 0.29) is 17.9 Å². The van der Waals surface area contributed by atoms with Crippen LogP contribution in [0.15, 0.2) is 41.0 Å². The molecule has 2 aliphatic rings. The fraction of sp³-hybridized carbons (Fsp3) is 0.429. The van der Waals surface area contributed by atoms with Gasteiger partial charge in [0, 0.05) is 25.1 Å². The molecule has 3 heterocycles. The average molecular weight is 402 g/mol. The van der Waals surface area contributed by atoms with Gasteiger partial charge in [0.05, 0.1) is 23.0 Å². The standard InChI is InChI=1S/C21H24ClN3O3/c22-16-8-7-15(13-17(16)25-11-3-6-20(25)26)21(27)23-14-18(19-5-4-12-28-19)24-9-1-2-10-24/h4-5,7-8,12-13,18H,1-3,6,9-11,14H2,(H,23,27)/t18-/m1/s1. The van der Waals surface area contributed by atoms with E-state index in [0.717, 1.165) is 38.1 Å². The molecule has 0 spiro atoms. The summed E-state index contributed by atoms with van der Waals surface area (Å²) in [6, 6.07) is 8.93. The number of benzene rings is 1. The molecule has 2 aromatic rings. The van der Waals surface area contributed by atoms with E-state index >= 15 is 0 Å². The van der Waals surface area contributed by atoms with Gasteiger partial charge in [0.25, 0.3) is 5.91 Å². The first-order valence-electron chi connectivity index (χ1n) is 9.79. The van der Waals surface area contributed by atoms with Crippen molar-refractivity contribution in [2.45, 2.75) is 31.7 Å². The zero-order valence-electron chi connectivity index (χ0n) is 15.7. The Morgan fingerprint density at radius 1 is 1.18 bits per heavy atom. The van der Waals surface area contributed by atoms with Crippen LogP contribution in [0.2, 0.25) is 5.02 Å². The highest BCUT2D eigenvalue weighted by Gasteiger charge is 2.27. The van der Waals surface area contributed by atoms with Crippen molar-refractivity contribution in [2.75, 3.05) is 31.1 Å². The zero-order chi connectivity index (χ0) is 19.5. The number of carbonyl (C=O) groups excluding carboxylic acids is 2. The van der Waals surface area contributed by atoms with Gasteiger partial charge in [0.15, 0.2) is 0 Å². The quantitative estimate of drug-likeness (QED) is 0.802. The second-order valence-corrected chi connectivity index (χ2v) is 7.71. The average Bonchev–Trinajstić information content (AvgIpc) is 3.45. The lowest BCUT2D eigenvalue weighted by atomic mass is 10.1. The topological polar surface area (TPSA) is 65.8 Å². The molecule has 7 heteroatoms. The lowest BCUT2D eigenvalue weighted by Gasteiger charge is -2.26. The summed E-state index contributed by atoms with van der Waals surface area (Å²) in [7, 11) is 0. The molecule has 1 N–H and O–H groups in total. The number of likely N-dealkylation sites (tertiary alicyclic amines) is 1. The maximum absolute atomic E-state index is 12.8. The second kappa shape index (κ2) is 8.37. The highest BCUT2D eigenvalue weighted by molar-refractivity contribution is 6.34. The first kappa shape index (κ1) is 19.0. The van der Waals surface area contributed by atoms with E-state index in [1.54, 1.807) is 29.4 Å². The van der Waals surface area contributed by atoms with Crippen molar-refractivity contribution in [3.8, 4) is 0 Å². The monoisotopic (exact) mass is 401 g/mol. The molecule has 28 heavy (non-hydrogen) atoms. The number of anilines is 1. The molecule has 2 fully saturated rings. The minimum Gasteiger partial charge on any atom is -0.468 e. The van der Waals surface area contributed by atoms with Gasteiger partial charge in [-0.3, -0.25) is 14.5 Å². The molecule has 0 bridgehead atoms. The van der Waals surface area contributed by atoms with Crippen LogP contribution in [0.1, 0.15) is 47.8 Å². The Hall–Kier alpha value is -2.31. The molecule has 4 rings (SSSR count). The summed E-state index contributed by atoms with van der Waals surface area (Å²) in [6.45, 7) is 3.11. The van der Waals surface area contributed by atoms with E-state index in [1.165, 1.54) is 0 Å². The normalized spacial score (nSPS) is 18.6. The molecular formula is C21H24ClN3O3. The first-order valence-corrected chi connectivity index (χ1v) is 10.2. The predicted molar refractivity (Wildman–Crippen MR) is 108 cm³/mol. The van der Waals surface area contributed by atoms with Gasteiger partial charge in [-0.2, -0.15) is 0 Å². The minimum atomic E-state index is -0.180. The predicted octanol–water partition coefficient (Wildman–Crippen LogP) is 3.63. The maximum atomic E-state index is 12.8. The molecule has 1 aromatic heterocycles. The number of hydrogen-bond donors (Lipinski definition) is 1. The minimum absolute atomic E-state index is 0.0216. The Bertz CT molecular complexity index is 847. The molecule has 0 saturated carbocycles. The lowest BCUT2D eigenvalue weighted by molar-refractivity contribution is -0.117. The van der Waals surface area contributed by atoms with E-state index in [1.807, 2.05) is 12.1 Å². The number of nitrogens with zero attached hydrogens (tertiary/aromatic N) is 2. The molecule has 2 aliphatic heterocycles. The number of carbonyl (C=O) groups is 2. The van der Waals surface area contributed by atoms with Crippen LogP contribution in [-0.4, -0.2) is 42.9 Å². The summed E-state index contributed by atoms with van der Waals surface area (Å²) in [5.74, 6) is 0.730. The van der Waals surface area contributed by atoms with Gasteiger partial charge < -0.3 is 14.6 Å². The number of rotatable bonds is 6. The molecule has 2 saturated heterocycles. The smallest absolute Gasteiger partial charge is 0.251 e. The number of nitrogens with one attached hydrogen (secondary N) is 1. The van der Waals surface area contributed by atoms with Gasteiger partial charge in [-0.05, 0) is 62.7 Å². The van der Waals surface area contributed by atoms with Gasteiger partial charge in [-0.1, -0.05) is 11.6 Å². The SMILES string of the molecule is O=C(NC[C@H](c1ccco1)N1CCCC1)c1ccc(Cl)c(N2CCCC2=O)c1. The molecule has 0 unspecified atom stereocenters. The fourth-order valence-electron chi connectivity index (χ4n) is 4.00. The van der Waals surface area contributed by atoms with Gasteiger partial charge >= 0.3 is 0 Å². The van der Waals surface area contributed by atoms with Gasteiger partial charge in [0.2, 0.25) is 5.91 Å². The van der Waals surface area contributed by atoms with Crippen LogP contribution in [-0.2, 0) is 4.79 Å². The van der Waals surface area contributed by atoms with Crippen molar-refractivity contribution in [3.63, 3.8) is 0 Å².